The number of para-hydroxylation sites is 1. The zero-order chi connectivity index (χ0) is 38.4. The maximum Gasteiger partial charge on any atom is 0.407 e. The van der Waals surface area contributed by atoms with E-state index in [0.717, 1.165) is 40.0 Å². The highest BCUT2D eigenvalue weighted by Crippen LogP contribution is 2.32. The fourth-order valence-electron chi connectivity index (χ4n) is 6.77. The van der Waals surface area contributed by atoms with E-state index in [-0.39, 0.29) is 17.7 Å². The first-order valence-electron chi connectivity index (χ1n) is 19.0. The number of hydrogen-bond donors (Lipinski definition) is 6. The van der Waals surface area contributed by atoms with E-state index in [2.05, 4.69) is 32.8 Å². The van der Waals surface area contributed by atoms with Crippen molar-refractivity contribution in [3.63, 3.8) is 0 Å². The standard InChI is InChI=1S/C31H46N4O4.C11H12N2O/c1-21-19-22(2)33-27-20-24(15-16-25(21)27)34-29(37)26(13-9-10-18-32-30(38)39-31(3,4)5)35-28(36)17-14-23-11-7-6-8-12-23;12-11(14)6-5-8-7-13-10-4-2-1-3-9(8)10/h15-16,19-20,23,26,33H,2,6-14,17-18H2,1,3-5H3,(H,32,38)(H,34,37)(H,35,36);1-4,7,13H,5-6H2,(H2,12,14). The van der Waals surface area contributed by atoms with Crippen LogP contribution in [0.15, 0.2) is 67.0 Å². The number of H-pyrrole nitrogens is 1. The SMILES string of the molecule is C=C1C=C(C)c2ccc(NC(=O)C(CCCCNC(=O)OC(C)(C)C)NC(=O)CCC3CCCCC3)cc2N1.NC(=O)CCc1c[nH]c2ccccc12. The highest BCUT2D eigenvalue weighted by Gasteiger charge is 2.23. The van der Waals surface area contributed by atoms with E-state index in [1.807, 2.05) is 82.4 Å². The number of benzene rings is 2. The maximum absolute atomic E-state index is 13.3. The number of ether oxygens (including phenoxy) is 1. The normalized spacial score (nSPS) is 14.8. The summed E-state index contributed by atoms with van der Waals surface area (Å²) in [5.41, 5.74) is 11.3. The zero-order valence-corrected chi connectivity index (χ0v) is 31.9. The van der Waals surface area contributed by atoms with Crippen molar-refractivity contribution in [2.75, 3.05) is 17.2 Å². The van der Waals surface area contributed by atoms with Gasteiger partial charge < -0.3 is 36.7 Å². The second-order valence-electron chi connectivity index (χ2n) is 15.1. The summed E-state index contributed by atoms with van der Waals surface area (Å²) < 4.78 is 5.27. The fourth-order valence-corrected chi connectivity index (χ4v) is 6.77. The van der Waals surface area contributed by atoms with Crippen LogP contribution < -0.4 is 27.0 Å². The van der Waals surface area contributed by atoms with Crippen LogP contribution in [0.4, 0.5) is 16.2 Å². The van der Waals surface area contributed by atoms with Gasteiger partial charge in [0.1, 0.15) is 11.6 Å². The Labute approximate surface area is 314 Å². The van der Waals surface area contributed by atoms with Gasteiger partial charge in [-0.2, -0.15) is 0 Å². The second-order valence-corrected chi connectivity index (χ2v) is 15.1. The predicted octanol–water partition coefficient (Wildman–Crippen LogP) is 8.09. The number of rotatable bonds is 14. The molecule has 286 valence electrons. The summed E-state index contributed by atoms with van der Waals surface area (Å²) in [4.78, 5) is 51.8. The molecule has 1 aromatic heterocycles. The summed E-state index contributed by atoms with van der Waals surface area (Å²) in [5, 5.41) is 13.1. The minimum absolute atomic E-state index is 0.0863. The van der Waals surface area contributed by atoms with E-state index in [1.165, 1.54) is 37.5 Å². The number of carbonyl (C=O) groups is 4. The Morgan fingerprint density at radius 2 is 1.77 bits per heavy atom. The lowest BCUT2D eigenvalue weighted by molar-refractivity contribution is -0.126. The number of amides is 4. The number of nitrogens with one attached hydrogen (secondary N) is 5. The van der Waals surface area contributed by atoms with Crippen molar-refractivity contribution < 1.29 is 23.9 Å². The quantitative estimate of drug-likeness (QED) is 0.0918. The first-order valence-corrected chi connectivity index (χ1v) is 19.0. The topological polar surface area (TPSA) is 167 Å². The van der Waals surface area contributed by atoms with Gasteiger partial charge in [-0.3, -0.25) is 14.4 Å². The summed E-state index contributed by atoms with van der Waals surface area (Å²) in [5.74, 6) is 0.0148. The van der Waals surface area contributed by atoms with Crippen molar-refractivity contribution in [1.82, 2.24) is 15.6 Å². The third kappa shape index (κ3) is 13.8. The molecule has 53 heavy (non-hydrogen) atoms. The first kappa shape index (κ1) is 40.7. The van der Waals surface area contributed by atoms with Crippen molar-refractivity contribution in [3.05, 3.63) is 78.1 Å². The molecule has 5 rings (SSSR count). The van der Waals surface area contributed by atoms with Crippen LogP contribution >= 0.6 is 0 Å². The number of carbonyl (C=O) groups excluding carboxylic acids is 4. The van der Waals surface area contributed by atoms with Crippen LogP contribution in [0.25, 0.3) is 16.5 Å². The number of primary amides is 1. The summed E-state index contributed by atoms with van der Waals surface area (Å²) in [6.07, 6.45) is 13.8. The van der Waals surface area contributed by atoms with E-state index >= 15 is 0 Å². The summed E-state index contributed by atoms with van der Waals surface area (Å²) in [7, 11) is 0. The molecule has 1 fully saturated rings. The molecule has 1 unspecified atom stereocenters. The average molecular weight is 727 g/mol. The molecule has 1 atom stereocenters. The number of aryl methyl sites for hydroxylation is 1. The van der Waals surface area contributed by atoms with E-state index in [9.17, 15) is 19.2 Å². The number of fused-ring (bicyclic) bond motifs is 2. The van der Waals surface area contributed by atoms with Crippen LogP contribution in [0.5, 0.6) is 0 Å². The molecule has 7 N–H and O–H groups in total. The smallest absolute Gasteiger partial charge is 0.407 e. The third-order valence-electron chi connectivity index (χ3n) is 9.46. The number of anilines is 2. The molecule has 2 aromatic carbocycles. The Balaban J connectivity index is 0.000000371. The minimum Gasteiger partial charge on any atom is -0.444 e. The molecule has 1 aliphatic carbocycles. The van der Waals surface area contributed by atoms with Gasteiger partial charge in [-0.1, -0.05) is 62.9 Å². The van der Waals surface area contributed by atoms with Gasteiger partial charge in [-0.25, -0.2) is 4.79 Å². The Kier molecular flexibility index (Phi) is 15.1. The van der Waals surface area contributed by atoms with Gasteiger partial charge in [0.15, 0.2) is 0 Å². The number of unbranched alkanes of at least 4 members (excludes halogenated alkanes) is 1. The van der Waals surface area contributed by atoms with Gasteiger partial charge in [-0.05, 0) is 101 Å². The fraction of sp³-hybridized carbons (Fsp3) is 0.476. The molecule has 4 amide bonds. The van der Waals surface area contributed by atoms with Gasteiger partial charge in [0.2, 0.25) is 17.7 Å². The molecular weight excluding hydrogens is 668 g/mol. The van der Waals surface area contributed by atoms with Crippen LogP contribution in [-0.4, -0.2) is 47.0 Å². The zero-order valence-electron chi connectivity index (χ0n) is 31.9. The summed E-state index contributed by atoms with van der Waals surface area (Å²) >= 11 is 0. The van der Waals surface area contributed by atoms with Gasteiger partial charge in [0.25, 0.3) is 0 Å². The van der Waals surface area contributed by atoms with E-state index in [1.54, 1.807) is 0 Å². The van der Waals surface area contributed by atoms with Crippen LogP contribution in [0.2, 0.25) is 0 Å². The number of hydrogen-bond acceptors (Lipinski definition) is 6. The number of aromatic amines is 1. The van der Waals surface area contributed by atoms with Crippen molar-refractivity contribution in [2.45, 2.75) is 116 Å². The lowest BCUT2D eigenvalue weighted by Crippen LogP contribution is -2.44. The number of allylic oxidation sites excluding steroid dienone is 2. The van der Waals surface area contributed by atoms with Crippen molar-refractivity contribution in [2.24, 2.45) is 11.7 Å². The molecule has 0 bridgehead atoms. The van der Waals surface area contributed by atoms with Crippen LogP contribution in [0.3, 0.4) is 0 Å². The van der Waals surface area contributed by atoms with E-state index in [4.69, 9.17) is 10.5 Å². The Hall–Kier alpha value is -5.06. The number of nitrogens with two attached hydrogens (primary N) is 1. The monoisotopic (exact) mass is 726 g/mol. The van der Waals surface area contributed by atoms with E-state index in [0.29, 0.717) is 56.7 Å². The van der Waals surface area contributed by atoms with Crippen molar-refractivity contribution in [3.8, 4) is 0 Å². The number of aromatic nitrogens is 1. The van der Waals surface area contributed by atoms with Crippen molar-refractivity contribution in [1.29, 1.82) is 0 Å². The summed E-state index contributed by atoms with van der Waals surface area (Å²) in [6, 6.07) is 13.1. The van der Waals surface area contributed by atoms with Gasteiger partial charge in [0.05, 0.1) is 0 Å². The first-order chi connectivity index (χ1) is 25.3. The minimum atomic E-state index is -0.661. The molecule has 1 aliphatic heterocycles. The molecule has 2 heterocycles. The molecule has 11 heteroatoms. The lowest BCUT2D eigenvalue weighted by Gasteiger charge is -2.23. The maximum atomic E-state index is 13.3. The van der Waals surface area contributed by atoms with E-state index < -0.39 is 17.7 Å². The Morgan fingerprint density at radius 1 is 1.02 bits per heavy atom. The third-order valence-corrected chi connectivity index (χ3v) is 9.46. The lowest BCUT2D eigenvalue weighted by atomic mass is 9.86. The second kappa shape index (κ2) is 19.7. The largest absolute Gasteiger partial charge is 0.444 e. The highest BCUT2D eigenvalue weighted by atomic mass is 16.6. The predicted molar refractivity (Wildman–Crippen MR) is 213 cm³/mol. The molecule has 1 saturated carbocycles. The molecule has 0 spiro atoms. The van der Waals surface area contributed by atoms with Crippen molar-refractivity contribution >= 4 is 51.7 Å². The summed E-state index contributed by atoms with van der Waals surface area (Å²) in [6.45, 7) is 11.9. The van der Waals surface area contributed by atoms with Crippen LogP contribution in [-0.2, 0) is 25.5 Å². The Morgan fingerprint density at radius 3 is 2.51 bits per heavy atom. The molecular formula is C42H58N6O5. The van der Waals surface area contributed by atoms with Crippen LogP contribution in [0, 0.1) is 5.92 Å². The molecule has 11 nitrogen and oxygen atoms in total. The molecule has 3 aromatic rings. The Bertz CT molecular complexity index is 1760. The molecule has 0 radical (unpaired) electrons. The molecule has 2 aliphatic rings. The van der Waals surface area contributed by atoms with Gasteiger partial charge in [0, 0.05) is 59.1 Å². The van der Waals surface area contributed by atoms with Crippen LogP contribution in [0.1, 0.15) is 109 Å². The van der Waals surface area contributed by atoms with Gasteiger partial charge >= 0.3 is 6.09 Å². The van der Waals surface area contributed by atoms with Gasteiger partial charge in [-0.15, -0.1) is 0 Å². The molecule has 0 saturated heterocycles. The average Bonchev–Trinajstić information content (AvgIpc) is 3.52. The highest BCUT2D eigenvalue weighted by molar-refractivity contribution is 5.98. The number of alkyl carbamates (subject to hydrolysis) is 1.